The van der Waals surface area contributed by atoms with Gasteiger partial charge in [-0.3, -0.25) is 4.79 Å². The van der Waals surface area contributed by atoms with Crippen molar-refractivity contribution in [3.8, 4) is 11.5 Å². The normalized spacial score (nSPS) is 10.8. The molecule has 0 atom stereocenters. The number of esters is 1. The first-order valence-electron chi connectivity index (χ1n) is 9.99. The van der Waals surface area contributed by atoms with E-state index in [1.807, 2.05) is 54.6 Å². The highest BCUT2D eigenvalue weighted by Gasteiger charge is 2.12. The standard InChI is InChI=1S/C26H20N2O4/c29-25(18-31-21-9-2-1-3-10-21)28-27-17-19-13-15-22(16-14-19)32-26(30)24-12-6-8-20-7-4-5-11-23(20)24/h1-17H,18H2,(H,28,29)/b27-17-. The Morgan fingerprint density at radius 2 is 1.50 bits per heavy atom. The Hall–Kier alpha value is -4.45. The molecule has 0 aliphatic heterocycles. The van der Waals surface area contributed by atoms with Crippen LogP contribution in [0.3, 0.4) is 0 Å². The van der Waals surface area contributed by atoms with Crippen LogP contribution in [0.15, 0.2) is 102 Å². The molecule has 4 aromatic rings. The molecule has 158 valence electrons. The number of benzene rings is 4. The maximum Gasteiger partial charge on any atom is 0.344 e. The molecule has 4 aromatic carbocycles. The van der Waals surface area contributed by atoms with Crippen LogP contribution in [-0.4, -0.2) is 24.7 Å². The first-order valence-corrected chi connectivity index (χ1v) is 9.99. The number of hydrogen-bond acceptors (Lipinski definition) is 5. The Morgan fingerprint density at radius 3 is 2.31 bits per heavy atom. The van der Waals surface area contributed by atoms with Crippen LogP contribution in [0.1, 0.15) is 15.9 Å². The molecule has 0 fully saturated rings. The lowest BCUT2D eigenvalue weighted by Crippen LogP contribution is -2.24. The number of carbonyl (C=O) groups is 2. The van der Waals surface area contributed by atoms with E-state index in [0.717, 1.165) is 16.3 Å². The van der Waals surface area contributed by atoms with Crippen molar-refractivity contribution in [3.63, 3.8) is 0 Å². The van der Waals surface area contributed by atoms with Gasteiger partial charge in [0.05, 0.1) is 11.8 Å². The molecule has 0 aliphatic rings. The highest BCUT2D eigenvalue weighted by atomic mass is 16.5. The summed E-state index contributed by atoms with van der Waals surface area (Å²) < 4.78 is 10.9. The molecule has 1 N–H and O–H groups in total. The quantitative estimate of drug-likeness (QED) is 0.204. The van der Waals surface area contributed by atoms with Gasteiger partial charge in [0.1, 0.15) is 11.5 Å². The van der Waals surface area contributed by atoms with Gasteiger partial charge in [0.25, 0.3) is 5.91 Å². The van der Waals surface area contributed by atoms with Crippen LogP contribution in [-0.2, 0) is 4.79 Å². The fourth-order valence-corrected chi connectivity index (χ4v) is 3.06. The van der Waals surface area contributed by atoms with Crippen LogP contribution < -0.4 is 14.9 Å². The summed E-state index contributed by atoms with van der Waals surface area (Å²) in [5, 5.41) is 5.73. The van der Waals surface area contributed by atoms with Gasteiger partial charge >= 0.3 is 5.97 Å². The number of hydrazone groups is 1. The first kappa shape index (κ1) is 20.8. The minimum Gasteiger partial charge on any atom is -0.484 e. The predicted molar refractivity (Wildman–Crippen MR) is 123 cm³/mol. The third kappa shape index (κ3) is 5.37. The molecule has 0 heterocycles. The van der Waals surface area contributed by atoms with E-state index in [0.29, 0.717) is 17.1 Å². The largest absolute Gasteiger partial charge is 0.484 e. The fraction of sp³-hybridized carbons (Fsp3) is 0.0385. The van der Waals surface area contributed by atoms with Crippen molar-refractivity contribution >= 4 is 28.9 Å². The third-order valence-electron chi connectivity index (χ3n) is 4.62. The second-order valence-electron chi connectivity index (χ2n) is 6.88. The Labute approximate surface area is 185 Å². The van der Waals surface area contributed by atoms with E-state index in [4.69, 9.17) is 9.47 Å². The minimum atomic E-state index is -0.422. The van der Waals surface area contributed by atoms with Crippen LogP contribution in [0.4, 0.5) is 0 Å². The fourth-order valence-electron chi connectivity index (χ4n) is 3.06. The summed E-state index contributed by atoms with van der Waals surface area (Å²) in [5.74, 6) is 0.236. The third-order valence-corrected chi connectivity index (χ3v) is 4.62. The number of rotatable bonds is 7. The van der Waals surface area contributed by atoms with Crippen LogP contribution >= 0.6 is 0 Å². The summed E-state index contributed by atoms with van der Waals surface area (Å²) in [7, 11) is 0. The summed E-state index contributed by atoms with van der Waals surface area (Å²) in [6, 6.07) is 29.1. The van der Waals surface area contributed by atoms with E-state index < -0.39 is 5.97 Å². The van der Waals surface area contributed by atoms with Gasteiger partial charge in [-0.15, -0.1) is 0 Å². The Morgan fingerprint density at radius 1 is 0.781 bits per heavy atom. The number of nitrogens with zero attached hydrogens (tertiary/aromatic N) is 1. The first-order chi connectivity index (χ1) is 15.7. The SMILES string of the molecule is O=C(COc1ccccc1)N/N=C\c1ccc(OC(=O)c2cccc3ccccc23)cc1. The summed E-state index contributed by atoms with van der Waals surface area (Å²) in [5.41, 5.74) is 3.65. The molecule has 32 heavy (non-hydrogen) atoms. The molecular formula is C26H20N2O4. The van der Waals surface area contributed by atoms with Gasteiger partial charge in [-0.05, 0) is 58.8 Å². The van der Waals surface area contributed by atoms with Crippen molar-refractivity contribution in [1.82, 2.24) is 5.43 Å². The Kier molecular flexibility index (Phi) is 6.53. The summed E-state index contributed by atoms with van der Waals surface area (Å²) >= 11 is 0. The molecule has 0 bridgehead atoms. The highest BCUT2D eigenvalue weighted by molar-refractivity contribution is 6.05. The topological polar surface area (TPSA) is 77.0 Å². The summed E-state index contributed by atoms with van der Waals surface area (Å²) in [4.78, 5) is 24.4. The van der Waals surface area contributed by atoms with Crippen molar-refractivity contribution in [2.24, 2.45) is 5.10 Å². The molecule has 0 aromatic heterocycles. The van der Waals surface area contributed by atoms with Crippen LogP contribution in [0.5, 0.6) is 11.5 Å². The molecule has 6 heteroatoms. The van der Waals surface area contributed by atoms with Gasteiger partial charge < -0.3 is 9.47 Å². The lowest BCUT2D eigenvalue weighted by atomic mass is 10.0. The molecule has 0 saturated carbocycles. The highest BCUT2D eigenvalue weighted by Crippen LogP contribution is 2.21. The molecular weight excluding hydrogens is 404 g/mol. The van der Waals surface area contributed by atoms with Crippen LogP contribution in [0, 0.1) is 0 Å². The van der Waals surface area contributed by atoms with Gasteiger partial charge in [-0.1, -0.05) is 54.6 Å². The molecule has 0 saturated heterocycles. The number of para-hydroxylation sites is 1. The number of amides is 1. The van der Waals surface area contributed by atoms with Crippen molar-refractivity contribution < 1.29 is 19.1 Å². The molecule has 0 unspecified atom stereocenters. The van der Waals surface area contributed by atoms with E-state index >= 15 is 0 Å². The maximum atomic E-state index is 12.6. The van der Waals surface area contributed by atoms with E-state index in [-0.39, 0.29) is 12.5 Å². The maximum absolute atomic E-state index is 12.6. The van der Waals surface area contributed by atoms with Gasteiger partial charge in [0.15, 0.2) is 6.61 Å². The molecule has 0 aliphatic carbocycles. The summed E-state index contributed by atoms with van der Waals surface area (Å²) in [6.07, 6.45) is 1.50. The Balaban J connectivity index is 1.31. The molecule has 6 nitrogen and oxygen atoms in total. The number of ether oxygens (including phenoxy) is 2. The number of nitrogens with one attached hydrogen (secondary N) is 1. The lowest BCUT2D eigenvalue weighted by Gasteiger charge is -2.07. The van der Waals surface area contributed by atoms with E-state index in [9.17, 15) is 9.59 Å². The van der Waals surface area contributed by atoms with Gasteiger partial charge in [0, 0.05) is 0 Å². The predicted octanol–water partition coefficient (Wildman–Crippen LogP) is 4.59. The summed E-state index contributed by atoms with van der Waals surface area (Å²) in [6.45, 7) is -0.135. The van der Waals surface area contributed by atoms with Crippen LogP contribution in [0.25, 0.3) is 10.8 Å². The zero-order valence-electron chi connectivity index (χ0n) is 17.1. The second kappa shape index (κ2) is 10.0. The lowest BCUT2D eigenvalue weighted by molar-refractivity contribution is -0.123. The van der Waals surface area contributed by atoms with Crippen LogP contribution in [0.2, 0.25) is 0 Å². The average Bonchev–Trinajstić information content (AvgIpc) is 2.84. The second-order valence-corrected chi connectivity index (χ2v) is 6.88. The van der Waals surface area contributed by atoms with Crippen molar-refractivity contribution in [1.29, 1.82) is 0 Å². The monoisotopic (exact) mass is 424 g/mol. The number of carbonyl (C=O) groups excluding carboxylic acids is 2. The van der Waals surface area contributed by atoms with Crippen molar-refractivity contribution in [2.75, 3.05) is 6.61 Å². The van der Waals surface area contributed by atoms with E-state index in [1.54, 1.807) is 42.5 Å². The van der Waals surface area contributed by atoms with E-state index in [2.05, 4.69) is 10.5 Å². The average molecular weight is 424 g/mol. The zero-order chi connectivity index (χ0) is 22.2. The van der Waals surface area contributed by atoms with Crippen molar-refractivity contribution in [3.05, 3.63) is 108 Å². The molecule has 4 rings (SSSR count). The molecule has 1 amide bonds. The number of hydrogen-bond donors (Lipinski definition) is 1. The minimum absolute atomic E-state index is 0.135. The Bertz CT molecular complexity index is 1250. The van der Waals surface area contributed by atoms with Gasteiger partial charge in [-0.2, -0.15) is 5.10 Å². The smallest absolute Gasteiger partial charge is 0.344 e. The molecule has 0 spiro atoms. The molecule has 0 radical (unpaired) electrons. The van der Waals surface area contributed by atoms with Gasteiger partial charge in [0.2, 0.25) is 0 Å². The number of fused-ring (bicyclic) bond motifs is 1. The van der Waals surface area contributed by atoms with Gasteiger partial charge in [-0.25, -0.2) is 10.2 Å². The van der Waals surface area contributed by atoms with E-state index in [1.165, 1.54) is 6.21 Å². The van der Waals surface area contributed by atoms with Crippen molar-refractivity contribution in [2.45, 2.75) is 0 Å². The zero-order valence-corrected chi connectivity index (χ0v) is 17.1.